The van der Waals surface area contributed by atoms with Gasteiger partial charge in [0.25, 0.3) is 5.56 Å². The molecule has 0 spiro atoms. The molecule has 1 fully saturated rings. The Balaban J connectivity index is 1.81. The Hall–Kier alpha value is -1.40. The van der Waals surface area contributed by atoms with E-state index >= 15 is 0 Å². The van der Waals surface area contributed by atoms with Gasteiger partial charge in [0.2, 0.25) is 0 Å². The molecule has 112 valence electrons. The zero-order chi connectivity index (χ0) is 14.4. The van der Waals surface area contributed by atoms with Gasteiger partial charge >= 0.3 is 5.69 Å². The molecule has 1 aliphatic carbocycles. The van der Waals surface area contributed by atoms with E-state index in [1.165, 1.54) is 15.0 Å². The maximum absolute atomic E-state index is 12.8. The van der Waals surface area contributed by atoms with Crippen molar-refractivity contribution >= 4 is 21.6 Å². The summed E-state index contributed by atoms with van der Waals surface area (Å²) in [5, 5.41) is 4.12. The topological polar surface area (TPSA) is 66.9 Å². The van der Waals surface area contributed by atoms with Crippen molar-refractivity contribution in [1.29, 1.82) is 0 Å². The van der Waals surface area contributed by atoms with Gasteiger partial charge in [-0.15, -0.1) is 11.3 Å². The zero-order valence-corrected chi connectivity index (χ0v) is 12.7. The maximum Gasteiger partial charge on any atom is 0.329 e. The van der Waals surface area contributed by atoms with Crippen molar-refractivity contribution in [3.63, 3.8) is 0 Å². The zero-order valence-electron chi connectivity index (χ0n) is 11.9. The Kier molecular flexibility index (Phi) is 3.23. The molecule has 1 unspecified atom stereocenters. The molecule has 2 aromatic heterocycles. The second-order valence-electron chi connectivity index (χ2n) is 6.12. The summed E-state index contributed by atoms with van der Waals surface area (Å²) in [6, 6.07) is 0. The van der Waals surface area contributed by atoms with Crippen LogP contribution in [0.15, 0.2) is 9.59 Å². The minimum absolute atomic E-state index is 0.0845. The van der Waals surface area contributed by atoms with Gasteiger partial charge < -0.3 is 5.32 Å². The summed E-state index contributed by atoms with van der Waals surface area (Å²) in [4.78, 5) is 30.0. The van der Waals surface area contributed by atoms with E-state index < -0.39 is 0 Å². The molecule has 2 aromatic rings. The number of rotatable bonds is 2. The highest BCUT2D eigenvalue weighted by molar-refractivity contribution is 7.18. The molecule has 0 amide bonds. The predicted octanol–water partition coefficient (Wildman–Crippen LogP) is 1.24. The number of hydrogen-bond donors (Lipinski definition) is 2. The molecule has 3 heterocycles. The molecular weight excluding hydrogens is 286 g/mol. The number of aryl methyl sites for hydroxylation is 2. The lowest BCUT2D eigenvalue weighted by Gasteiger charge is -2.22. The normalized spacial score (nSPS) is 21.8. The lowest BCUT2D eigenvalue weighted by atomic mass is 10.00. The van der Waals surface area contributed by atoms with Crippen LogP contribution in [-0.2, 0) is 19.4 Å². The third-order valence-corrected chi connectivity index (χ3v) is 5.89. The van der Waals surface area contributed by atoms with Crippen LogP contribution in [-0.4, -0.2) is 22.6 Å². The van der Waals surface area contributed by atoms with E-state index in [1.807, 2.05) is 0 Å². The summed E-state index contributed by atoms with van der Waals surface area (Å²) in [7, 11) is 0. The molecule has 21 heavy (non-hydrogen) atoms. The van der Waals surface area contributed by atoms with E-state index in [2.05, 4.69) is 10.3 Å². The SMILES string of the molecule is O=c1[nH]c2sc3c(c2c(=O)n1CC1CCCNC1)CCC3. The first-order chi connectivity index (χ1) is 10.2. The number of nitrogens with one attached hydrogen (secondary N) is 2. The first kappa shape index (κ1) is 13.3. The maximum atomic E-state index is 12.8. The monoisotopic (exact) mass is 305 g/mol. The number of nitrogens with zero attached hydrogens (tertiary/aromatic N) is 1. The van der Waals surface area contributed by atoms with Gasteiger partial charge in [-0.05, 0) is 56.7 Å². The lowest BCUT2D eigenvalue weighted by Crippen LogP contribution is -2.40. The summed E-state index contributed by atoms with van der Waals surface area (Å²) < 4.78 is 1.42. The van der Waals surface area contributed by atoms with Crippen molar-refractivity contribution in [2.45, 2.75) is 38.6 Å². The predicted molar refractivity (Wildman–Crippen MR) is 84.3 cm³/mol. The Morgan fingerprint density at radius 3 is 2.95 bits per heavy atom. The third kappa shape index (κ3) is 2.17. The Labute approximate surface area is 126 Å². The van der Waals surface area contributed by atoms with Crippen LogP contribution in [0.25, 0.3) is 10.2 Å². The first-order valence-electron chi connectivity index (χ1n) is 7.72. The van der Waals surface area contributed by atoms with Gasteiger partial charge in [0.15, 0.2) is 0 Å². The summed E-state index contributed by atoms with van der Waals surface area (Å²) in [5.41, 5.74) is 0.850. The molecule has 0 saturated carbocycles. The van der Waals surface area contributed by atoms with Crippen molar-refractivity contribution in [1.82, 2.24) is 14.9 Å². The van der Waals surface area contributed by atoms with Crippen LogP contribution in [0.1, 0.15) is 29.7 Å². The summed E-state index contributed by atoms with van der Waals surface area (Å²) in [6.07, 6.45) is 5.35. The molecule has 0 bridgehead atoms. The number of fused-ring (bicyclic) bond motifs is 3. The number of thiophene rings is 1. The molecule has 0 aromatic carbocycles. The highest BCUT2D eigenvalue weighted by atomic mass is 32.1. The van der Waals surface area contributed by atoms with Crippen LogP contribution < -0.4 is 16.6 Å². The van der Waals surface area contributed by atoms with Gasteiger partial charge in [-0.2, -0.15) is 0 Å². The summed E-state index contributed by atoms with van der Waals surface area (Å²) >= 11 is 1.59. The molecule has 1 saturated heterocycles. The summed E-state index contributed by atoms with van der Waals surface area (Å²) in [5.74, 6) is 0.377. The standard InChI is InChI=1S/C15H19N3O2S/c19-14-12-10-4-1-5-11(10)21-13(12)17-15(20)18(14)8-9-3-2-6-16-7-9/h9,16H,1-8H2,(H,17,20). The number of aromatic nitrogens is 2. The van der Waals surface area contributed by atoms with Gasteiger partial charge in [0.1, 0.15) is 4.83 Å². The molecule has 1 atom stereocenters. The average Bonchev–Trinajstić information content (AvgIpc) is 3.04. The smallest absolute Gasteiger partial charge is 0.316 e. The molecule has 0 radical (unpaired) electrons. The van der Waals surface area contributed by atoms with E-state index in [-0.39, 0.29) is 11.2 Å². The van der Waals surface area contributed by atoms with Crippen LogP contribution in [0.2, 0.25) is 0 Å². The minimum atomic E-state index is -0.252. The van der Waals surface area contributed by atoms with Crippen molar-refractivity contribution in [3.8, 4) is 0 Å². The van der Waals surface area contributed by atoms with E-state index in [0.29, 0.717) is 12.5 Å². The van der Waals surface area contributed by atoms with Crippen LogP contribution in [0.3, 0.4) is 0 Å². The van der Waals surface area contributed by atoms with Gasteiger partial charge in [0.05, 0.1) is 5.39 Å². The second-order valence-corrected chi connectivity index (χ2v) is 7.22. The van der Waals surface area contributed by atoms with E-state index in [4.69, 9.17) is 0 Å². The van der Waals surface area contributed by atoms with Crippen LogP contribution in [0.5, 0.6) is 0 Å². The van der Waals surface area contributed by atoms with Gasteiger partial charge in [-0.3, -0.25) is 14.3 Å². The minimum Gasteiger partial charge on any atom is -0.316 e. The first-order valence-corrected chi connectivity index (χ1v) is 8.54. The van der Waals surface area contributed by atoms with Crippen LogP contribution in [0, 0.1) is 5.92 Å². The number of H-pyrrole nitrogens is 1. The lowest BCUT2D eigenvalue weighted by molar-refractivity contribution is 0.329. The molecule has 5 nitrogen and oxygen atoms in total. The van der Waals surface area contributed by atoms with E-state index in [9.17, 15) is 9.59 Å². The van der Waals surface area contributed by atoms with Crippen molar-refractivity contribution in [3.05, 3.63) is 31.3 Å². The number of hydrogen-bond acceptors (Lipinski definition) is 4. The molecule has 4 rings (SSSR count). The Morgan fingerprint density at radius 1 is 1.24 bits per heavy atom. The largest absolute Gasteiger partial charge is 0.329 e. The van der Waals surface area contributed by atoms with Gasteiger partial charge in [-0.1, -0.05) is 0 Å². The average molecular weight is 305 g/mol. The third-order valence-electron chi connectivity index (χ3n) is 4.69. The van der Waals surface area contributed by atoms with E-state index in [0.717, 1.165) is 55.4 Å². The Morgan fingerprint density at radius 2 is 2.14 bits per heavy atom. The van der Waals surface area contributed by atoms with E-state index in [1.54, 1.807) is 11.3 Å². The number of piperidine rings is 1. The van der Waals surface area contributed by atoms with Crippen molar-refractivity contribution in [2.24, 2.45) is 5.92 Å². The van der Waals surface area contributed by atoms with Gasteiger partial charge in [0, 0.05) is 11.4 Å². The van der Waals surface area contributed by atoms with Crippen molar-refractivity contribution in [2.75, 3.05) is 13.1 Å². The molecule has 2 N–H and O–H groups in total. The Bertz CT molecular complexity index is 796. The second kappa shape index (κ2) is 5.10. The molecule has 2 aliphatic rings. The van der Waals surface area contributed by atoms with Crippen molar-refractivity contribution < 1.29 is 0 Å². The van der Waals surface area contributed by atoms with Crippen LogP contribution in [0.4, 0.5) is 0 Å². The number of aromatic amines is 1. The van der Waals surface area contributed by atoms with Crippen LogP contribution >= 0.6 is 11.3 Å². The molecule has 6 heteroatoms. The highest BCUT2D eigenvalue weighted by Crippen LogP contribution is 2.34. The van der Waals surface area contributed by atoms with Gasteiger partial charge in [-0.25, -0.2) is 4.79 Å². The fourth-order valence-electron chi connectivity index (χ4n) is 3.61. The quantitative estimate of drug-likeness (QED) is 0.877. The fraction of sp³-hybridized carbons (Fsp3) is 0.600. The molecule has 1 aliphatic heterocycles. The highest BCUT2D eigenvalue weighted by Gasteiger charge is 2.23. The summed E-state index contributed by atoms with van der Waals surface area (Å²) in [6.45, 7) is 2.46. The fourth-order valence-corrected chi connectivity index (χ4v) is 4.89. The molecular formula is C15H19N3O2S.